The standard InChI is InChI=1S/C19H18N2O3S2/c1-24-19(23)16-12-5-3-2-4-6-14(12)26-18(16)21-17(22)11-7-8-13-15(9-11)25-10-20-13/h7-10H,2-6H2,1H3,(H,21,22). The molecule has 0 spiro atoms. The number of hydrogen-bond acceptors (Lipinski definition) is 6. The SMILES string of the molecule is COC(=O)c1c(NC(=O)c2ccc3ncsc3c2)sc2c1CCCCC2. The smallest absolute Gasteiger partial charge is 0.341 e. The summed E-state index contributed by atoms with van der Waals surface area (Å²) in [5, 5.41) is 3.54. The van der Waals surface area contributed by atoms with Crippen molar-refractivity contribution in [1.82, 2.24) is 4.98 Å². The van der Waals surface area contributed by atoms with E-state index in [-0.39, 0.29) is 11.9 Å². The van der Waals surface area contributed by atoms with Gasteiger partial charge in [-0.25, -0.2) is 9.78 Å². The maximum atomic E-state index is 12.8. The Bertz CT molecular complexity index is 990. The lowest BCUT2D eigenvalue weighted by molar-refractivity contribution is 0.0601. The van der Waals surface area contributed by atoms with Gasteiger partial charge in [-0.1, -0.05) is 6.42 Å². The summed E-state index contributed by atoms with van der Waals surface area (Å²) in [5.74, 6) is -0.598. The lowest BCUT2D eigenvalue weighted by Gasteiger charge is -2.07. The van der Waals surface area contributed by atoms with Crippen molar-refractivity contribution in [3.8, 4) is 0 Å². The molecule has 1 aliphatic rings. The van der Waals surface area contributed by atoms with Crippen molar-refractivity contribution >= 4 is 49.8 Å². The number of thiazole rings is 1. The summed E-state index contributed by atoms with van der Waals surface area (Å²) in [4.78, 5) is 30.5. The second-order valence-corrected chi connectivity index (χ2v) is 8.24. The van der Waals surface area contributed by atoms with Crippen molar-refractivity contribution in [3.63, 3.8) is 0 Å². The normalized spacial score (nSPS) is 13.9. The van der Waals surface area contributed by atoms with E-state index in [0.717, 1.165) is 41.5 Å². The summed E-state index contributed by atoms with van der Waals surface area (Å²) < 4.78 is 5.95. The first-order chi connectivity index (χ1) is 12.7. The number of carbonyl (C=O) groups excluding carboxylic acids is 2. The number of nitrogens with one attached hydrogen (secondary N) is 1. The monoisotopic (exact) mass is 386 g/mol. The van der Waals surface area contributed by atoms with Gasteiger partial charge in [-0.2, -0.15) is 0 Å². The van der Waals surface area contributed by atoms with Crippen molar-refractivity contribution in [2.24, 2.45) is 0 Å². The molecule has 1 N–H and O–H groups in total. The number of nitrogens with zero attached hydrogens (tertiary/aromatic N) is 1. The molecule has 26 heavy (non-hydrogen) atoms. The molecule has 1 amide bonds. The Balaban J connectivity index is 1.68. The predicted molar refractivity (Wildman–Crippen MR) is 104 cm³/mol. The zero-order chi connectivity index (χ0) is 18.1. The first kappa shape index (κ1) is 17.2. The highest BCUT2D eigenvalue weighted by atomic mass is 32.1. The van der Waals surface area contributed by atoms with Crippen LogP contribution in [0.4, 0.5) is 5.00 Å². The quantitative estimate of drug-likeness (QED) is 0.525. The summed E-state index contributed by atoms with van der Waals surface area (Å²) in [7, 11) is 1.38. The van der Waals surface area contributed by atoms with E-state index in [1.165, 1.54) is 41.1 Å². The summed E-state index contributed by atoms with van der Waals surface area (Å²) in [5.41, 5.74) is 4.78. The molecule has 0 saturated heterocycles. The maximum Gasteiger partial charge on any atom is 0.341 e. The van der Waals surface area contributed by atoms with Gasteiger partial charge in [0, 0.05) is 10.4 Å². The van der Waals surface area contributed by atoms with Crippen molar-refractivity contribution in [2.75, 3.05) is 12.4 Å². The molecule has 0 aliphatic heterocycles. The Labute approximate surface area is 159 Å². The molecule has 0 atom stereocenters. The zero-order valence-electron chi connectivity index (χ0n) is 14.3. The van der Waals surface area contributed by atoms with Crippen molar-refractivity contribution < 1.29 is 14.3 Å². The van der Waals surface area contributed by atoms with Crippen LogP contribution in [0.3, 0.4) is 0 Å². The van der Waals surface area contributed by atoms with Crippen LogP contribution in [0.25, 0.3) is 10.2 Å². The average Bonchev–Trinajstić information content (AvgIpc) is 3.18. The molecular weight excluding hydrogens is 368 g/mol. The van der Waals surface area contributed by atoms with E-state index < -0.39 is 0 Å². The topological polar surface area (TPSA) is 68.3 Å². The zero-order valence-corrected chi connectivity index (χ0v) is 16.0. The molecule has 2 aromatic heterocycles. The van der Waals surface area contributed by atoms with Crippen LogP contribution in [-0.2, 0) is 17.6 Å². The van der Waals surface area contributed by atoms with E-state index >= 15 is 0 Å². The van der Waals surface area contributed by atoms with Gasteiger partial charge in [0.2, 0.25) is 0 Å². The fourth-order valence-electron chi connectivity index (χ4n) is 3.32. The fraction of sp³-hybridized carbons (Fsp3) is 0.316. The van der Waals surface area contributed by atoms with E-state index in [0.29, 0.717) is 16.1 Å². The molecule has 0 unspecified atom stereocenters. The summed E-state index contributed by atoms with van der Waals surface area (Å²) in [6, 6.07) is 5.43. The number of anilines is 1. The molecule has 2 heterocycles. The molecule has 0 saturated carbocycles. The van der Waals surface area contributed by atoms with Crippen LogP contribution in [0.5, 0.6) is 0 Å². The second-order valence-electron chi connectivity index (χ2n) is 6.25. The minimum Gasteiger partial charge on any atom is -0.465 e. The number of fused-ring (bicyclic) bond motifs is 2. The summed E-state index contributed by atoms with van der Waals surface area (Å²) in [6.07, 6.45) is 5.15. The van der Waals surface area contributed by atoms with Crippen LogP contribution in [0.15, 0.2) is 23.7 Å². The molecule has 7 heteroatoms. The van der Waals surface area contributed by atoms with E-state index in [4.69, 9.17) is 4.74 Å². The van der Waals surface area contributed by atoms with Crippen molar-refractivity contribution in [3.05, 3.63) is 45.3 Å². The Morgan fingerprint density at radius 3 is 2.88 bits per heavy atom. The third kappa shape index (κ3) is 3.12. The number of carbonyl (C=O) groups is 2. The highest BCUT2D eigenvalue weighted by Crippen LogP contribution is 2.38. The molecular formula is C19H18N2O3S2. The Morgan fingerprint density at radius 2 is 2.04 bits per heavy atom. The molecule has 1 aromatic carbocycles. The highest BCUT2D eigenvalue weighted by molar-refractivity contribution is 7.17. The maximum absolute atomic E-state index is 12.8. The van der Waals surface area contributed by atoms with Crippen LogP contribution >= 0.6 is 22.7 Å². The van der Waals surface area contributed by atoms with Crippen LogP contribution < -0.4 is 5.32 Å². The van der Waals surface area contributed by atoms with Crippen LogP contribution in [0.1, 0.15) is 50.4 Å². The van der Waals surface area contributed by atoms with Gasteiger partial charge in [0.1, 0.15) is 5.00 Å². The number of hydrogen-bond donors (Lipinski definition) is 1. The molecule has 4 rings (SSSR count). The third-order valence-electron chi connectivity index (χ3n) is 4.63. The number of ether oxygens (including phenoxy) is 1. The minimum absolute atomic E-state index is 0.220. The Hall–Kier alpha value is -2.25. The number of aryl methyl sites for hydroxylation is 1. The number of rotatable bonds is 3. The summed E-state index contributed by atoms with van der Waals surface area (Å²) in [6.45, 7) is 0. The number of aromatic nitrogens is 1. The molecule has 5 nitrogen and oxygen atoms in total. The second kappa shape index (κ2) is 7.17. The Morgan fingerprint density at radius 1 is 1.19 bits per heavy atom. The van der Waals surface area contributed by atoms with Crippen molar-refractivity contribution in [1.29, 1.82) is 0 Å². The van der Waals surface area contributed by atoms with Gasteiger partial charge >= 0.3 is 5.97 Å². The van der Waals surface area contributed by atoms with Crippen LogP contribution in [0.2, 0.25) is 0 Å². The number of esters is 1. The molecule has 0 bridgehead atoms. The van der Waals surface area contributed by atoms with Gasteiger partial charge in [-0.3, -0.25) is 4.79 Å². The van der Waals surface area contributed by atoms with E-state index in [2.05, 4.69) is 10.3 Å². The lowest BCUT2D eigenvalue weighted by atomic mass is 10.1. The number of benzene rings is 1. The Kier molecular flexibility index (Phi) is 4.74. The molecule has 0 radical (unpaired) electrons. The average molecular weight is 386 g/mol. The largest absolute Gasteiger partial charge is 0.465 e. The third-order valence-corrected chi connectivity index (χ3v) is 6.63. The van der Waals surface area contributed by atoms with E-state index in [1.807, 2.05) is 12.1 Å². The highest BCUT2D eigenvalue weighted by Gasteiger charge is 2.26. The number of thiophene rings is 1. The molecule has 0 fully saturated rings. The van der Waals surface area contributed by atoms with Gasteiger partial charge in [-0.15, -0.1) is 22.7 Å². The predicted octanol–water partition coefficient (Wildman–Crippen LogP) is 4.67. The first-order valence-corrected chi connectivity index (χ1v) is 10.2. The van der Waals surface area contributed by atoms with Gasteiger partial charge in [-0.05, 0) is 49.4 Å². The molecule has 134 valence electrons. The van der Waals surface area contributed by atoms with Gasteiger partial charge in [0.25, 0.3) is 5.91 Å². The van der Waals surface area contributed by atoms with Crippen LogP contribution in [-0.4, -0.2) is 24.0 Å². The van der Waals surface area contributed by atoms with E-state index in [1.54, 1.807) is 11.6 Å². The van der Waals surface area contributed by atoms with Crippen LogP contribution in [0, 0.1) is 0 Å². The minimum atomic E-state index is -0.377. The van der Waals surface area contributed by atoms with E-state index in [9.17, 15) is 9.59 Å². The molecule has 1 aliphatic carbocycles. The van der Waals surface area contributed by atoms with Gasteiger partial charge < -0.3 is 10.1 Å². The molecule has 3 aromatic rings. The first-order valence-electron chi connectivity index (χ1n) is 8.55. The number of methoxy groups -OCH3 is 1. The number of amides is 1. The fourth-order valence-corrected chi connectivity index (χ4v) is 5.31. The summed E-state index contributed by atoms with van der Waals surface area (Å²) >= 11 is 3.00. The lowest BCUT2D eigenvalue weighted by Crippen LogP contribution is -2.14. The van der Waals surface area contributed by atoms with Crippen molar-refractivity contribution in [2.45, 2.75) is 32.1 Å². The van der Waals surface area contributed by atoms with Gasteiger partial charge in [0.15, 0.2) is 0 Å². The van der Waals surface area contributed by atoms with Gasteiger partial charge in [0.05, 0.1) is 28.4 Å².